The predicted octanol–water partition coefficient (Wildman–Crippen LogP) is 3.06. The minimum absolute atomic E-state index is 0.179. The van der Waals surface area contributed by atoms with Crippen LogP contribution in [-0.4, -0.2) is 16.8 Å². The summed E-state index contributed by atoms with van der Waals surface area (Å²) in [4.78, 5) is 15.0. The molecule has 1 amide bonds. The summed E-state index contributed by atoms with van der Waals surface area (Å²) in [6.07, 6.45) is 1.81. The van der Waals surface area contributed by atoms with Gasteiger partial charge in [0.05, 0.1) is 5.69 Å². The van der Waals surface area contributed by atoms with E-state index in [2.05, 4.69) is 26.2 Å². The van der Waals surface area contributed by atoms with Crippen LogP contribution in [0.25, 0.3) is 0 Å². The number of halogens is 3. The maximum absolute atomic E-state index is 11.2. The maximum atomic E-state index is 11.2. The normalized spacial score (nSPS) is 9.93. The van der Waals surface area contributed by atoms with E-state index >= 15 is 0 Å². The second kappa shape index (κ2) is 5.53. The highest BCUT2D eigenvalue weighted by Gasteiger charge is 2.06. The largest absolute Gasteiger partial charge is 0.323 e. The molecule has 0 fully saturated rings. The first-order valence-corrected chi connectivity index (χ1v) is 5.51. The van der Waals surface area contributed by atoms with E-state index in [4.69, 9.17) is 23.2 Å². The van der Waals surface area contributed by atoms with Gasteiger partial charge in [0.1, 0.15) is 0 Å². The molecule has 1 aromatic rings. The van der Waals surface area contributed by atoms with Crippen molar-refractivity contribution in [3.63, 3.8) is 0 Å². The summed E-state index contributed by atoms with van der Waals surface area (Å²) in [6, 6.07) is 1.68. The van der Waals surface area contributed by atoms with Crippen LogP contribution in [0.4, 0.5) is 5.69 Å². The number of aromatic nitrogens is 1. The molecule has 0 aliphatic carbocycles. The van der Waals surface area contributed by atoms with Crippen LogP contribution in [0.2, 0.25) is 5.15 Å². The van der Waals surface area contributed by atoms with Crippen molar-refractivity contribution in [2.45, 2.75) is 6.42 Å². The third-order valence-corrected chi connectivity index (χ3v) is 2.33. The molecule has 0 aliphatic heterocycles. The molecule has 0 saturated carbocycles. The monoisotopic (exact) mass is 296 g/mol. The lowest BCUT2D eigenvalue weighted by molar-refractivity contribution is -0.115. The van der Waals surface area contributed by atoms with Crippen molar-refractivity contribution in [1.29, 1.82) is 0 Å². The number of hydrogen-bond donors (Lipinski definition) is 1. The zero-order valence-electron chi connectivity index (χ0n) is 7.06. The first-order chi connectivity index (χ1) is 6.63. The summed E-state index contributed by atoms with van der Waals surface area (Å²) in [5, 5.41) is 2.86. The van der Waals surface area contributed by atoms with E-state index in [-0.39, 0.29) is 23.4 Å². The number of anilines is 1. The molecule has 3 nitrogen and oxygen atoms in total. The van der Waals surface area contributed by atoms with Gasteiger partial charge >= 0.3 is 0 Å². The van der Waals surface area contributed by atoms with Crippen molar-refractivity contribution < 1.29 is 4.79 Å². The highest BCUT2D eigenvalue weighted by atomic mass is 79.9. The van der Waals surface area contributed by atoms with Gasteiger partial charge in [0, 0.05) is 23.0 Å². The average Bonchev–Trinajstić information content (AvgIpc) is 2.12. The van der Waals surface area contributed by atoms with Gasteiger partial charge in [0.25, 0.3) is 0 Å². The van der Waals surface area contributed by atoms with Gasteiger partial charge in [-0.2, -0.15) is 0 Å². The molecule has 0 bridgehead atoms. The fourth-order valence-corrected chi connectivity index (χ4v) is 1.46. The molecule has 1 aromatic heterocycles. The van der Waals surface area contributed by atoms with E-state index < -0.39 is 0 Å². The van der Waals surface area contributed by atoms with Gasteiger partial charge in [0.15, 0.2) is 5.15 Å². The van der Waals surface area contributed by atoms with Gasteiger partial charge in [0.2, 0.25) is 5.91 Å². The highest BCUT2D eigenvalue weighted by molar-refractivity contribution is 9.10. The quantitative estimate of drug-likeness (QED) is 0.688. The Morgan fingerprint density at radius 3 is 3.00 bits per heavy atom. The Morgan fingerprint density at radius 1 is 1.64 bits per heavy atom. The Labute approximate surface area is 99.9 Å². The zero-order valence-corrected chi connectivity index (χ0v) is 10.2. The van der Waals surface area contributed by atoms with E-state index in [0.717, 1.165) is 4.47 Å². The lowest BCUT2D eigenvalue weighted by Gasteiger charge is -2.05. The molecule has 14 heavy (non-hydrogen) atoms. The van der Waals surface area contributed by atoms with Gasteiger partial charge in [-0.15, -0.1) is 11.6 Å². The van der Waals surface area contributed by atoms with Crippen LogP contribution in [0.3, 0.4) is 0 Å². The first-order valence-electron chi connectivity index (χ1n) is 3.80. The minimum atomic E-state index is -0.179. The van der Waals surface area contributed by atoms with E-state index in [1.165, 1.54) is 0 Å². The summed E-state index contributed by atoms with van der Waals surface area (Å²) in [5.41, 5.74) is 0.483. The number of rotatable bonds is 3. The van der Waals surface area contributed by atoms with Crippen LogP contribution >= 0.6 is 39.1 Å². The van der Waals surface area contributed by atoms with Crippen molar-refractivity contribution in [1.82, 2.24) is 4.98 Å². The third-order valence-electron chi connectivity index (χ3n) is 1.40. The van der Waals surface area contributed by atoms with Crippen molar-refractivity contribution >= 4 is 50.7 Å². The molecule has 0 atom stereocenters. The second-order valence-electron chi connectivity index (χ2n) is 2.48. The Hall–Kier alpha value is -0.320. The van der Waals surface area contributed by atoms with E-state index in [1.807, 2.05) is 0 Å². The Morgan fingerprint density at radius 2 is 2.36 bits per heavy atom. The van der Waals surface area contributed by atoms with Gasteiger partial charge in [-0.3, -0.25) is 4.79 Å². The van der Waals surface area contributed by atoms with Crippen molar-refractivity contribution in [3.05, 3.63) is 21.9 Å². The number of hydrogen-bond acceptors (Lipinski definition) is 2. The highest BCUT2D eigenvalue weighted by Crippen LogP contribution is 2.22. The summed E-state index contributed by atoms with van der Waals surface area (Å²) >= 11 is 14.4. The van der Waals surface area contributed by atoms with Crippen LogP contribution < -0.4 is 5.32 Å². The predicted molar refractivity (Wildman–Crippen MR) is 60.9 cm³/mol. The van der Waals surface area contributed by atoms with Gasteiger partial charge in [-0.1, -0.05) is 11.6 Å². The standard InChI is InChI=1S/C8H7BrCl2N2O/c9-5-3-6(8(11)12-4-5)13-7(14)1-2-10/h3-4H,1-2H2,(H,13,14). The number of nitrogens with zero attached hydrogens (tertiary/aromatic N) is 1. The number of carbonyl (C=O) groups excluding carboxylic acids is 1. The lowest BCUT2D eigenvalue weighted by atomic mass is 10.4. The molecule has 0 aromatic carbocycles. The van der Waals surface area contributed by atoms with Crippen molar-refractivity contribution in [2.75, 3.05) is 11.2 Å². The molecule has 76 valence electrons. The van der Waals surface area contributed by atoms with Gasteiger partial charge in [-0.05, 0) is 22.0 Å². The Kier molecular flexibility index (Phi) is 4.65. The molecular formula is C8H7BrCl2N2O. The molecule has 1 rings (SSSR count). The molecule has 6 heteroatoms. The topological polar surface area (TPSA) is 42.0 Å². The average molecular weight is 298 g/mol. The number of alkyl halides is 1. The number of nitrogens with one attached hydrogen (secondary N) is 1. The van der Waals surface area contributed by atoms with Crippen LogP contribution in [-0.2, 0) is 4.79 Å². The summed E-state index contributed by atoms with van der Waals surface area (Å²) in [7, 11) is 0. The molecule has 0 saturated heterocycles. The van der Waals surface area contributed by atoms with Crippen LogP contribution in [0, 0.1) is 0 Å². The Bertz CT molecular complexity index is 346. The van der Waals surface area contributed by atoms with E-state index in [0.29, 0.717) is 5.69 Å². The smallest absolute Gasteiger partial charge is 0.225 e. The third kappa shape index (κ3) is 3.44. The van der Waals surface area contributed by atoms with Crippen molar-refractivity contribution in [2.24, 2.45) is 0 Å². The fourth-order valence-electron chi connectivity index (χ4n) is 0.809. The molecule has 0 aliphatic rings. The number of carbonyl (C=O) groups is 1. The Balaban J connectivity index is 2.75. The lowest BCUT2D eigenvalue weighted by Crippen LogP contribution is -2.12. The minimum Gasteiger partial charge on any atom is -0.323 e. The van der Waals surface area contributed by atoms with Gasteiger partial charge in [-0.25, -0.2) is 4.98 Å². The van der Waals surface area contributed by atoms with Crippen LogP contribution in [0.5, 0.6) is 0 Å². The van der Waals surface area contributed by atoms with E-state index in [9.17, 15) is 4.79 Å². The van der Waals surface area contributed by atoms with E-state index in [1.54, 1.807) is 12.3 Å². The molecule has 1 heterocycles. The SMILES string of the molecule is O=C(CCCl)Nc1cc(Br)cnc1Cl. The molecular weight excluding hydrogens is 291 g/mol. The maximum Gasteiger partial charge on any atom is 0.225 e. The molecule has 1 N–H and O–H groups in total. The second-order valence-corrected chi connectivity index (χ2v) is 4.13. The van der Waals surface area contributed by atoms with Crippen LogP contribution in [0.15, 0.2) is 16.7 Å². The molecule has 0 unspecified atom stereocenters. The van der Waals surface area contributed by atoms with Gasteiger partial charge < -0.3 is 5.32 Å². The zero-order chi connectivity index (χ0) is 10.6. The first kappa shape index (κ1) is 11.8. The summed E-state index contributed by atoms with van der Waals surface area (Å²) in [5.74, 6) is 0.104. The number of pyridine rings is 1. The summed E-state index contributed by atoms with van der Waals surface area (Å²) in [6.45, 7) is 0. The molecule has 0 spiro atoms. The fraction of sp³-hybridized carbons (Fsp3) is 0.250. The van der Waals surface area contributed by atoms with Crippen molar-refractivity contribution in [3.8, 4) is 0 Å². The summed E-state index contributed by atoms with van der Waals surface area (Å²) < 4.78 is 0.753. The number of amides is 1. The molecule has 0 radical (unpaired) electrons. The van der Waals surface area contributed by atoms with Crippen LogP contribution in [0.1, 0.15) is 6.42 Å².